The topological polar surface area (TPSA) is 89.8 Å². The van der Waals surface area contributed by atoms with E-state index in [9.17, 15) is 10.1 Å². The minimum Gasteiger partial charge on any atom is -0.497 e. The van der Waals surface area contributed by atoms with Crippen LogP contribution in [0.25, 0.3) is 0 Å². The number of nitrogens with one attached hydrogen (secondary N) is 1. The lowest BCUT2D eigenvalue weighted by Crippen LogP contribution is -2.15. The summed E-state index contributed by atoms with van der Waals surface area (Å²) >= 11 is 0. The van der Waals surface area contributed by atoms with Crippen molar-refractivity contribution in [3.8, 4) is 29.1 Å². The monoisotopic (exact) mass is 356 g/mol. The van der Waals surface area contributed by atoms with E-state index >= 15 is 0 Å². The van der Waals surface area contributed by atoms with Crippen LogP contribution in [0.5, 0.6) is 23.0 Å². The number of rotatable bonds is 7. The second-order valence-electron chi connectivity index (χ2n) is 5.12. The third-order valence-corrected chi connectivity index (χ3v) is 3.59. The number of nitriles is 1. The van der Waals surface area contributed by atoms with E-state index in [1.54, 1.807) is 32.2 Å². The zero-order valence-electron chi connectivity index (χ0n) is 15.1. The van der Waals surface area contributed by atoms with E-state index in [-0.39, 0.29) is 16.9 Å². The van der Waals surface area contributed by atoms with Gasteiger partial charge in [-0.2, -0.15) is 5.26 Å². The van der Waals surface area contributed by atoms with Crippen LogP contribution in [0.3, 0.4) is 0 Å². The lowest BCUT2D eigenvalue weighted by atomic mass is 10.1. The molecular formula is C19H20N2O5. The Bertz CT molecular complexity index is 843. The molecule has 0 bridgehead atoms. The maximum absolute atomic E-state index is 12.8. The number of nitrogens with zero attached hydrogens (tertiary/aromatic N) is 1. The summed E-state index contributed by atoms with van der Waals surface area (Å²) in [4.78, 5) is 12.8. The molecule has 2 aromatic carbocycles. The SMILES string of the molecule is CCOc1c(OC)cc(C#N)cc1C(=O)Nc1ccc(OC)cc1OC. The van der Waals surface area contributed by atoms with Gasteiger partial charge in [0.1, 0.15) is 11.5 Å². The molecule has 1 amide bonds. The van der Waals surface area contributed by atoms with E-state index in [0.717, 1.165) is 0 Å². The third-order valence-electron chi connectivity index (χ3n) is 3.59. The third kappa shape index (κ3) is 3.98. The van der Waals surface area contributed by atoms with Crippen LogP contribution in [0.2, 0.25) is 0 Å². The average Bonchev–Trinajstić information content (AvgIpc) is 2.68. The van der Waals surface area contributed by atoms with Gasteiger partial charge in [0.2, 0.25) is 0 Å². The van der Waals surface area contributed by atoms with Gasteiger partial charge in [0.15, 0.2) is 11.5 Å². The van der Waals surface area contributed by atoms with E-state index in [0.29, 0.717) is 29.5 Å². The van der Waals surface area contributed by atoms with Gasteiger partial charge < -0.3 is 24.3 Å². The first-order valence-electron chi connectivity index (χ1n) is 7.86. The summed E-state index contributed by atoms with van der Waals surface area (Å²) < 4.78 is 21.3. The fourth-order valence-electron chi connectivity index (χ4n) is 2.37. The number of hydrogen-bond acceptors (Lipinski definition) is 6. The smallest absolute Gasteiger partial charge is 0.259 e. The van der Waals surface area contributed by atoms with Crippen molar-refractivity contribution in [2.24, 2.45) is 0 Å². The number of methoxy groups -OCH3 is 3. The molecule has 136 valence electrons. The Morgan fingerprint density at radius 3 is 2.38 bits per heavy atom. The van der Waals surface area contributed by atoms with Crippen LogP contribution in [0, 0.1) is 11.3 Å². The maximum Gasteiger partial charge on any atom is 0.259 e. The number of benzene rings is 2. The zero-order chi connectivity index (χ0) is 19.1. The molecule has 0 atom stereocenters. The van der Waals surface area contributed by atoms with E-state index in [1.165, 1.54) is 26.4 Å². The predicted molar refractivity (Wildman–Crippen MR) is 96.4 cm³/mol. The molecule has 0 aliphatic heterocycles. The van der Waals surface area contributed by atoms with Crippen LogP contribution in [-0.2, 0) is 0 Å². The van der Waals surface area contributed by atoms with Crippen molar-refractivity contribution in [3.05, 3.63) is 41.5 Å². The van der Waals surface area contributed by atoms with Crippen LogP contribution in [-0.4, -0.2) is 33.8 Å². The van der Waals surface area contributed by atoms with Crippen LogP contribution in [0.1, 0.15) is 22.8 Å². The van der Waals surface area contributed by atoms with Gasteiger partial charge >= 0.3 is 0 Å². The van der Waals surface area contributed by atoms with Gasteiger partial charge in [-0.15, -0.1) is 0 Å². The number of ether oxygens (including phenoxy) is 4. The molecule has 0 aliphatic carbocycles. The molecule has 2 rings (SSSR count). The Morgan fingerprint density at radius 1 is 1.08 bits per heavy atom. The first-order chi connectivity index (χ1) is 12.6. The Hall–Kier alpha value is -3.40. The van der Waals surface area contributed by atoms with Gasteiger partial charge in [-0.05, 0) is 25.1 Å². The number of amides is 1. The molecule has 0 spiro atoms. The molecular weight excluding hydrogens is 336 g/mol. The highest BCUT2D eigenvalue weighted by Crippen LogP contribution is 2.35. The quantitative estimate of drug-likeness (QED) is 0.819. The second-order valence-corrected chi connectivity index (χ2v) is 5.12. The highest BCUT2D eigenvalue weighted by molar-refractivity contribution is 6.07. The molecule has 7 heteroatoms. The van der Waals surface area contributed by atoms with Gasteiger partial charge in [-0.1, -0.05) is 0 Å². The fraction of sp³-hybridized carbons (Fsp3) is 0.263. The van der Waals surface area contributed by atoms with Crippen molar-refractivity contribution in [2.75, 3.05) is 33.3 Å². The number of carbonyl (C=O) groups excluding carboxylic acids is 1. The number of carbonyl (C=O) groups is 1. The Labute approximate surface area is 152 Å². The summed E-state index contributed by atoms with van der Waals surface area (Å²) in [6.07, 6.45) is 0. The van der Waals surface area contributed by atoms with Gasteiger partial charge in [0.05, 0.1) is 50.8 Å². The van der Waals surface area contributed by atoms with Crippen LogP contribution in [0.15, 0.2) is 30.3 Å². The molecule has 0 aliphatic rings. The molecule has 0 fully saturated rings. The van der Waals surface area contributed by atoms with E-state index in [1.807, 2.05) is 6.07 Å². The van der Waals surface area contributed by atoms with Gasteiger partial charge in [-0.3, -0.25) is 4.79 Å². The highest BCUT2D eigenvalue weighted by atomic mass is 16.5. The molecule has 0 radical (unpaired) electrons. The minimum atomic E-state index is -0.452. The summed E-state index contributed by atoms with van der Waals surface area (Å²) in [5.41, 5.74) is 0.944. The predicted octanol–water partition coefficient (Wildman–Crippen LogP) is 3.24. The minimum absolute atomic E-state index is 0.195. The van der Waals surface area contributed by atoms with E-state index in [2.05, 4.69) is 5.32 Å². The number of hydrogen-bond donors (Lipinski definition) is 1. The molecule has 26 heavy (non-hydrogen) atoms. The van der Waals surface area contributed by atoms with E-state index < -0.39 is 5.91 Å². The average molecular weight is 356 g/mol. The summed E-state index contributed by atoms with van der Waals surface area (Å²) in [7, 11) is 4.49. The first kappa shape index (κ1) is 18.9. The molecule has 0 saturated heterocycles. The van der Waals surface area contributed by atoms with Crippen molar-refractivity contribution < 1.29 is 23.7 Å². The van der Waals surface area contributed by atoms with Crippen molar-refractivity contribution >= 4 is 11.6 Å². The second kappa shape index (κ2) is 8.62. The van der Waals surface area contributed by atoms with E-state index in [4.69, 9.17) is 18.9 Å². The van der Waals surface area contributed by atoms with Gasteiger partial charge in [-0.25, -0.2) is 0 Å². The molecule has 0 unspecified atom stereocenters. The fourth-order valence-corrected chi connectivity index (χ4v) is 2.37. The summed E-state index contributed by atoms with van der Waals surface area (Å²) in [6, 6.07) is 10.0. The van der Waals surface area contributed by atoms with Crippen LogP contribution < -0.4 is 24.3 Å². The van der Waals surface area contributed by atoms with Gasteiger partial charge in [0, 0.05) is 12.1 Å². The number of anilines is 1. The normalized spacial score (nSPS) is 9.81. The Morgan fingerprint density at radius 2 is 1.81 bits per heavy atom. The van der Waals surface area contributed by atoms with Crippen LogP contribution >= 0.6 is 0 Å². The summed E-state index contributed by atoms with van der Waals surface area (Å²) in [6.45, 7) is 2.14. The molecule has 7 nitrogen and oxygen atoms in total. The molecule has 0 saturated carbocycles. The summed E-state index contributed by atoms with van der Waals surface area (Å²) in [5.74, 6) is 1.19. The largest absolute Gasteiger partial charge is 0.497 e. The Kier molecular flexibility index (Phi) is 6.28. The van der Waals surface area contributed by atoms with Crippen LogP contribution in [0.4, 0.5) is 5.69 Å². The van der Waals surface area contributed by atoms with Gasteiger partial charge in [0.25, 0.3) is 5.91 Å². The molecule has 0 heterocycles. The van der Waals surface area contributed by atoms with Crippen molar-refractivity contribution in [2.45, 2.75) is 6.92 Å². The standard InChI is InChI=1S/C19H20N2O5/c1-5-26-18-14(8-12(11-20)9-17(18)25-4)19(22)21-15-7-6-13(23-2)10-16(15)24-3/h6-10H,5H2,1-4H3,(H,21,22). The first-order valence-corrected chi connectivity index (χ1v) is 7.86. The highest BCUT2D eigenvalue weighted by Gasteiger charge is 2.20. The Balaban J connectivity index is 2.45. The molecule has 2 aromatic rings. The summed E-state index contributed by atoms with van der Waals surface area (Å²) in [5, 5.41) is 12.0. The van der Waals surface area contributed by atoms with Crippen molar-refractivity contribution in [1.29, 1.82) is 5.26 Å². The van der Waals surface area contributed by atoms with Crippen molar-refractivity contribution in [1.82, 2.24) is 0 Å². The lowest BCUT2D eigenvalue weighted by molar-refractivity contribution is 0.102. The van der Waals surface area contributed by atoms with Crippen molar-refractivity contribution in [3.63, 3.8) is 0 Å². The maximum atomic E-state index is 12.8. The molecule has 0 aromatic heterocycles. The zero-order valence-corrected chi connectivity index (χ0v) is 15.1. The molecule has 1 N–H and O–H groups in total. The lowest BCUT2D eigenvalue weighted by Gasteiger charge is -2.16.